The van der Waals surface area contributed by atoms with E-state index in [4.69, 9.17) is 9.72 Å². The summed E-state index contributed by atoms with van der Waals surface area (Å²) in [5.74, 6) is 0.291. The molecule has 0 atom stereocenters. The molecule has 0 saturated carbocycles. The fourth-order valence-electron chi connectivity index (χ4n) is 5.02. The Kier molecular flexibility index (Phi) is 7.42. The van der Waals surface area contributed by atoms with E-state index in [0.717, 1.165) is 30.7 Å². The smallest absolute Gasteiger partial charge is 0.276 e. The van der Waals surface area contributed by atoms with E-state index in [1.165, 1.54) is 0 Å². The molecule has 1 fully saturated rings. The summed E-state index contributed by atoms with van der Waals surface area (Å²) in [6.45, 7) is 9.05. The van der Waals surface area contributed by atoms with Crippen molar-refractivity contribution in [2.45, 2.75) is 51.9 Å². The molecule has 0 aliphatic carbocycles. The van der Waals surface area contributed by atoms with Crippen molar-refractivity contribution in [3.05, 3.63) is 71.2 Å². The molecule has 5 rings (SSSR count). The number of fused-ring (bicyclic) bond motifs is 1. The number of hydrogen-bond donors (Lipinski definition) is 1. The monoisotopic (exact) mass is 547 g/mol. The first kappa shape index (κ1) is 26.8. The Bertz CT molecular complexity index is 1640. The third-order valence-corrected chi connectivity index (χ3v) is 8.98. The summed E-state index contributed by atoms with van der Waals surface area (Å²) < 4.78 is 36.0. The number of aryl methyl sites for hydroxylation is 3. The molecule has 1 saturated heterocycles. The highest BCUT2D eigenvalue weighted by molar-refractivity contribution is 7.89. The summed E-state index contributed by atoms with van der Waals surface area (Å²) >= 11 is 0. The molecule has 1 aliphatic rings. The Hall–Kier alpha value is -3.76. The summed E-state index contributed by atoms with van der Waals surface area (Å²) in [5.41, 5.74) is 4.54. The highest BCUT2D eigenvalue weighted by Gasteiger charge is 2.29. The summed E-state index contributed by atoms with van der Waals surface area (Å²) in [7, 11) is -3.69. The van der Waals surface area contributed by atoms with Crippen molar-refractivity contribution in [3.63, 3.8) is 0 Å². The van der Waals surface area contributed by atoms with Crippen molar-refractivity contribution in [3.8, 4) is 16.9 Å². The van der Waals surface area contributed by atoms with Crippen molar-refractivity contribution >= 4 is 27.3 Å². The molecule has 0 radical (unpaired) electrons. The molecule has 10 heteroatoms. The Morgan fingerprint density at radius 3 is 2.41 bits per heavy atom. The molecule has 4 aromatic rings. The van der Waals surface area contributed by atoms with Crippen LogP contribution in [-0.4, -0.2) is 52.9 Å². The number of sulfonamides is 1. The molecule has 204 valence electrons. The molecule has 9 nitrogen and oxygen atoms in total. The van der Waals surface area contributed by atoms with Crippen LogP contribution in [0.2, 0.25) is 0 Å². The number of ether oxygens (including phenoxy) is 1. The maximum Gasteiger partial charge on any atom is 0.276 e. The number of hydrogen-bond acceptors (Lipinski definition) is 6. The van der Waals surface area contributed by atoms with E-state index in [9.17, 15) is 13.2 Å². The third kappa shape index (κ3) is 5.26. The van der Waals surface area contributed by atoms with E-state index in [0.29, 0.717) is 53.5 Å². The Balaban J connectivity index is 1.62. The number of rotatable bonds is 7. The third-order valence-electron chi connectivity index (χ3n) is 6.94. The van der Waals surface area contributed by atoms with Gasteiger partial charge in [-0.15, -0.1) is 0 Å². The van der Waals surface area contributed by atoms with Crippen LogP contribution in [0.25, 0.3) is 16.8 Å². The van der Waals surface area contributed by atoms with Gasteiger partial charge in [0.15, 0.2) is 11.3 Å². The minimum absolute atomic E-state index is 0.162. The van der Waals surface area contributed by atoms with Gasteiger partial charge in [-0.2, -0.15) is 9.40 Å². The number of nitrogens with one attached hydrogen (secondary N) is 1. The highest BCUT2D eigenvalue weighted by Crippen LogP contribution is 2.33. The number of nitrogens with zero attached hydrogens (tertiary/aromatic N) is 4. The van der Waals surface area contributed by atoms with Crippen LogP contribution in [0.3, 0.4) is 0 Å². The largest absolute Gasteiger partial charge is 0.494 e. The molecular formula is C29H33N5O4S. The Morgan fingerprint density at radius 2 is 1.72 bits per heavy atom. The molecule has 1 N–H and O–H groups in total. The van der Waals surface area contributed by atoms with Crippen molar-refractivity contribution in [2.75, 3.05) is 25.0 Å². The SMILES string of the molecule is CCOc1ccc(NC(=O)c2nn3c(C)cc(C)nc3c2-c2ccc(C)c(S(=O)(=O)N3CCCCC3)c2)cc1. The zero-order valence-corrected chi connectivity index (χ0v) is 23.5. The zero-order valence-electron chi connectivity index (χ0n) is 22.7. The first-order valence-electron chi connectivity index (χ1n) is 13.2. The van der Waals surface area contributed by atoms with Crippen LogP contribution < -0.4 is 10.1 Å². The summed E-state index contributed by atoms with van der Waals surface area (Å²) in [4.78, 5) is 18.6. The molecular weight excluding hydrogens is 514 g/mol. The van der Waals surface area contributed by atoms with Crippen molar-refractivity contribution < 1.29 is 17.9 Å². The van der Waals surface area contributed by atoms with Crippen molar-refractivity contribution in [1.82, 2.24) is 18.9 Å². The van der Waals surface area contributed by atoms with Crippen LogP contribution >= 0.6 is 0 Å². The zero-order chi connectivity index (χ0) is 27.7. The lowest BCUT2D eigenvalue weighted by Crippen LogP contribution is -2.35. The van der Waals surface area contributed by atoms with Crippen LogP contribution in [0, 0.1) is 20.8 Å². The second-order valence-corrected chi connectivity index (χ2v) is 11.8. The lowest BCUT2D eigenvalue weighted by atomic mass is 10.0. The maximum atomic E-state index is 13.6. The molecule has 3 heterocycles. The van der Waals surface area contributed by atoms with Crippen molar-refractivity contribution in [1.29, 1.82) is 0 Å². The molecule has 0 bridgehead atoms. The number of carbonyl (C=O) groups is 1. The topological polar surface area (TPSA) is 106 Å². The molecule has 0 unspecified atom stereocenters. The number of aromatic nitrogens is 3. The number of amides is 1. The van der Waals surface area contributed by atoms with Gasteiger partial charge in [-0.3, -0.25) is 4.79 Å². The van der Waals surface area contributed by atoms with Gasteiger partial charge in [-0.05, 0) is 88.1 Å². The Labute approximate surface area is 228 Å². The molecule has 39 heavy (non-hydrogen) atoms. The number of piperidine rings is 1. The summed E-state index contributed by atoms with van der Waals surface area (Å²) in [5, 5.41) is 7.55. The fourth-order valence-corrected chi connectivity index (χ4v) is 6.78. The van der Waals surface area contributed by atoms with Crippen LogP contribution in [0.1, 0.15) is 53.6 Å². The summed E-state index contributed by atoms with van der Waals surface area (Å²) in [6, 6.07) is 14.3. The van der Waals surface area contributed by atoms with E-state index >= 15 is 0 Å². The minimum Gasteiger partial charge on any atom is -0.494 e. The van der Waals surface area contributed by atoms with Gasteiger partial charge in [0.1, 0.15) is 5.75 Å². The normalized spacial score (nSPS) is 14.5. The lowest BCUT2D eigenvalue weighted by Gasteiger charge is -2.26. The predicted octanol–water partition coefficient (Wildman–Crippen LogP) is 5.15. The second kappa shape index (κ2) is 10.8. The van der Waals surface area contributed by atoms with E-state index in [1.54, 1.807) is 52.1 Å². The van der Waals surface area contributed by atoms with Gasteiger partial charge in [-0.25, -0.2) is 17.9 Å². The van der Waals surface area contributed by atoms with Gasteiger partial charge in [0.2, 0.25) is 10.0 Å². The van der Waals surface area contributed by atoms with E-state index < -0.39 is 15.9 Å². The van der Waals surface area contributed by atoms with Gasteiger partial charge in [0.25, 0.3) is 5.91 Å². The van der Waals surface area contributed by atoms with Crippen LogP contribution in [0.4, 0.5) is 5.69 Å². The molecule has 2 aromatic carbocycles. The van der Waals surface area contributed by atoms with Crippen molar-refractivity contribution in [2.24, 2.45) is 0 Å². The first-order chi connectivity index (χ1) is 18.7. The van der Waals surface area contributed by atoms with Gasteiger partial charge in [0.05, 0.1) is 17.1 Å². The van der Waals surface area contributed by atoms with E-state index in [-0.39, 0.29) is 10.6 Å². The second-order valence-electron chi connectivity index (χ2n) is 9.85. The standard InChI is InChI=1S/C29H33N5O4S/c1-5-38-24-13-11-23(12-14-24)31-29(35)27-26(28-30-20(3)17-21(4)34(28)32-27)22-10-9-19(2)25(18-22)39(36,37)33-15-7-6-8-16-33/h9-14,17-18H,5-8,15-16H2,1-4H3,(H,31,35). The number of benzene rings is 2. The van der Waals surface area contributed by atoms with E-state index in [2.05, 4.69) is 10.4 Å². The fraction of sp³-hybridized carbons (Fsp3) is 0.345. The van der Waals surface area contributed by atoms with E-state index in [1.807, 2.05) is 32.9 Å². The summed E-state index contributed by atoms with van der Waals surface area (Å²) in [6.07, 6.45) is 2.74. The quantitative estimate of drug-likeness (QED) is 0.343. The Morgan fingerprint density at radius 1 is 1.00 bits per heavy atom. The highest BCUT2D eigenvalue weighted by atomic mass is 32.2. The predicted molar refractivity (Wildman–Crippen MR) is 151 cm³/mol. The van der Waals surface area contributed by atoms with Gasteiger partial charge in [-0.1, -0.05) is 18.6 Å². The number of anilines is 1. The van der Waals surface area contributed by atoms with Gasteiger partial charge < -0.3 is 10.1 Å². The van der Waals surface area contributed by atoms with Gasteiger partial charge >= 0.3 is 0 Å². The van der Waals surface area contributed by atoms with Gasteiger partial charge in [0, 0.05) is 30.2 Å². The average Bonchev–Trinajstić information content (AvgIpc) is 3.30. The van der Waals surface area contributed by atoms with Crippen LogP contribution in [0.15, 0.2) is 53.4 Å². The lowest BCUT2D eigenvalue weighted by molar-refractivity contribution is 0.102. The minimum atomic E-state index is -3.69. The molecule has 2 aromatic heterocycles. The molecule has 0 spiro atoms. The number of carbonyl (C=O) groups excluding carboxylic acids is 1. The molecule has 1 aliphatic heterocycles. The van der Waals surface area contributed by atoms with Crippen LogP contribution in [0.5, 0.6) is 5.75 Å². The maximum absolute atomic E-state index is 13.6. The van der Waals surface area contributed by atoms with Crippen LogP contribution in [-0.2, 0) is 10.0 Å². The molecule has 1 amide bonds. The average molecular weight is 548 g/mol. The first-order valence-corrected chi connectivity index (χ1v) is 14.7.